The van der Waals surface area contributed by atoms with E-state index in [9.17, 15) is 13.2 Å². The Kier molecular flexibility index (Phi) is 3.59. The third-order valence-electron chi connectivity index (χ3n) is 2.09. The molecule has 0 radical (unpaired) electrons. The van der Waals surface area contributed by atoms with Gasteiger partial charge in [-0.25, -0.2) is 0 Å². The van der Waals surface area contributed by atoms with Crippen LogP contribution in [0.1, 0.15) is 19.4 Å². The van der Waals surface area contributed by atoms with Crippen LogP contribution in [0.2, 0.25) is 0 Å². The summed E-state index contributed by atoms with van der Waals surface area (Å²) in [5.41, 5.74) is 0.951. The highest BCUT2D eigenvalue weighted by Crippen LogP contribution is 2.13. The maximum atomic E-state index is 11.7. The molecule has 0 spiro atoms. The summed E-state index contributed by atoms with van der Waals surface area (Å²) in [6.07, 6.45) is 0. The van der Waals surface area contributed by atoms with E-state index in [0.717, 1.165) is 5.56 Å². The zero-order chi connectivity index (χ0) is 12.3. The minimum absolute atomic E-state index is 0.0134. The summed E-state index contributed by atoms with van der Waals surface area (Å²) in [6.45, 7) is 4.53. The zero-order valence-electron chi connectivity index (χ0n) is 9.39. The summed E-state index contributed by atoms with van der Waals surface area (Å²) in [7, 11) is -3.75. The molecule has 0 amide bonds. The van der Waals surface area contributed by atoms with Gasteiger partial charge in [0, 0.05) is 6.92 Å². The highest BCUT2D eigenvalue weighted by atomic mass is 32.2. The van der Waals surface area contributed by atoms with Gasteiger partial charge in [-0.1, -0.05) is 17.7 Å². The minimum Gasteiger partial charge on any atom is -0.293 e. The second-order valence-electron chi connectivity index (χ2n) is 3.52. The topological polar surface area (TPSA) is 63.6 Å². The average Bonchev–Trinajstić information content (AvgIpc) is 2.17. The van der Waals surface area contributed by atoms with Crippen LogP contribution in [0.4, 0.5) is 0 Å². The van der Waals surface area contributed by atoms with Crippen molar-refractivity contribution in [2.24, 2.45) is 4.40 Å². The average molecular weight is 239 g/mol. The van der Waals surface area contributed by atoms with Crippen molar-refractivity contribution in [3.05, 3.63) is 29.8 Å². The van der Waals surface area contributed by atoms with Gasteiger partial charge in [-0.2, -0.15) is 12.8 Å². The van der Waals surface area contributed by atoms with Gasteiger partial charge in [-0.3, -0.25) is 4.79 Å². The van der Waals surface area contributed by atoms with Crippen molar-refractivity contribution < 1.29 is 13.2 Å². The van der Waals surface area contributed by atoms with Crippen LogP contribution < -0.4 is 0 Å². The van der Waals surface area contributed by atoms with Gasteiger partial charge in [-0.15, -0.1) is 0 Å². The lowest BCUT2D eigenvalue weighted by molar-refractivity contribution is -0.111. The standard InChI is InChI=1S/C11H13NO3S/c1-8-4-6-11(7-5-8)16(14,15)12-9(2)10(3)13/h4-7H,1-3H3/b12-9-. The van der Waals surface area contributed by atoms with E-state index in [1.54, 1.807) is 12.1 Å². The van der Waals surface area contributed by atoms with Gasteiger partial charge in [0.1, 0.15) is 0 Å². The zero-order valence-corrected chi connectivity index (χ0v) is 10.2. The highest BCUT2D eigenvalue weighted by molar-refractivity contribution is 7.90. The molecule has 0 aliphatic heterocycles. The van der Waals surface area contributed by atoms with Gasteiger partial charge in [-0.05, 0) is 26.0 Å². The van der Waals surface area contributed by atoms with Crippen LogP contribution in [0.5, 0.6) is 0 Å². The van der Waals surface area contributed by atoms with Gasteiger partial charge in [0.15, 0.2) is 5.78 Å². The summed E-state index contributed by atoms with van der Waals surface area (Å²) in [5, 5.41) is 0. The molecule has 1 aromatic rings. The van der Waals surface area contributed by atoms with Crippen molar-refractivity contribution in [2.75, 3.05) is 0 Å². The molecular formula is C11H13NO3S. The maximum absolute atomic E-state index is 11.7. The molecule has 0 bridgehead atoms. The van der Waals surface area contributed by atoms with Crippen molar-refractivity contribution in [3.8, 4) is 0 Å². The number of carbonyl (C=O) groups is 1. The molecule has 0 unspecified atom stereocenters. The van der Waals surface area contributed by atoms with Crippen LogP contribution in [0, 0.1) is 6.92 Å². The SMILES string of the molecule is CC(=O)/C(C)=N\S(=O)(=O)c1ccc(C)cc1. The van der Waals surface area contributed by atoms with Crippen LogP contribution in [0.25, 0.3) is 0 Å². The number of ketones is 1. The lowest BCUT2D eigenvalue weighted by Crippen LogP contribution is -2.08. The van der Waals surface area contributed by atoms with Crippen molar-refractivity contribution in [1.29, 1.82) is 0 Å². The Balaban J connectivity index is 3.18. The molecule has 0 aliphatic carbocycles. The molecule has 0 saturated heterocycles. The number of benzene rings is 1. The second kappa shape index (κ2) is 4.57. The number of rotatable bonds is 3. The Labute approximate surface area is 95.1 Å². The van der Waals surface area contributed by atoms with Crippen LogP contribution in [-0.2, 0) is 14.8 Å². The van der Waals surface area contributed by atoms with E-state index in [2.05, 4.69) is 4.40 Å². The lowest BCUT2D eigenvalue weighted by Gasteiger charge is -2.00. The van der Waals surface area contributed by atoms with E-state index >= 15 is 0 Å². The summed E-state index contributed by atoms with van der Waals surface area (Å²) >= 11 is 0. The van der Waals surface area contributed by atoms with E-state index in [1.807, 2.05) is 6.92 Å². The molecular weight excluding hydrogens is 226 g/mol. The molecule has 1 aromatic carbocycles. The molecule has 0 heterocycles. The fourth-order valence-electron chi connectivity index (χ4n) is 1.01. The quantitative estimate of drug-likeness (QED) is 0.755. The minimum atomic E-state index is -3.75. The molecule has 0 aliphatic rings. The Bertz CT molecular complexity index is 527. The third-order valence-corrected chi connectivity index (χ3v) is 3.47. The van der Waals surface area contributed by atoms with Crippen molar-refractivity contribution in [1.82, 2.24) is 0 Å². The second-order valence-corrected chi connectivity index (χ2v) is 5.13. The van der Waals surface area contributed by atoms with Gasteiger partial charge in [0.2, 0.25) is 0 Å². The molecule has 16 heavy (non-hydrogen) atoms. The number of nitrogens with zero attached hydrogens (tertiary/aromatic N) is 1. The number of sulfonamides is 1. The molecule has 4 nitrogen and oxygen atoms in total. The number of carbonyl (C=O) groups excluding carboxylic acids is 1. The van der Waals surface area contributed by atoms with Gasteiger partial charge in [0.25, 0.3) is 10.0 Å². The lowest BCUT2D eigenvalue weighted by atomic mass is 10.2. The Morgan fingerprint density at radius 2 is 1.62 bits per heavy atom. The largest absolute Gasteiger partial charge is 0.293 e. The summed E-state index contributed by atoms with van der Waals surface area (Å²) in [4.78, 5) is 11.0. The normalized spacial score (nSPS) is 12.6. The Hall–Kier alpha value is -1.49. The van der Waals surface area contributed by atoms with E-state index in [1.165, 1.54) is 26.0 Å². The highest BCUT2D eigenvalue weighted by Gasteiger charge is 2.13. The van der Waals surface area contributed by atoms with Crippen LogP contribution in [-0.4, -0.2) is 19.9 Å². The van der Waals surface area contributed by atoms with Gasteiger partial charge >= 0.3 is 0 Å². The monoisotopic (exact) mass is 239 g/mol. The van der Waals surface area contributed by atoms with Crippen LogP contribution in [0.15, 0.2) is 33.6 Å². The van der Waals surface area contributed by atoms with E-state index < -0.39 is 10.0 Å². The Morgan fingerprint density at radius 1 is 1.12 bits per heavy atom. The Morgan fingerprint density at radius 3 is 2.06 bits per heavy atom. The molecule has 0 N–H and O–H groups in total. The number of Topliss-reactive ketones (excluding diaryl/α,β-unsaturated/α-hetero) is 1. The number of hydrogen-bond donors (Lipinski definition) is 0. The van der Waals surface area contributed by atoms with Crippen molar-refractivity contribution in [3.63, 3.8) is 0 Å². The first-order valence-corrected chi connectivity index (χ1v) is 6.16. The molecule has 0 atom stereocenters. The van der Waals surface area contributed by atoms with E-state index in [-0.39, 0.29) is 16.4 Å². The third kappa shape index (κ3) is 3.00. The number of hydrogen-bond acceptors (Lipinski definition) is 3. The first-order valence-electron chi connectivity index (χ1n) is 4.72. The summed E-state index contributed by atoms with van der Waals surface area (Å²) in [6, 6.07) is 6.32. The molecule has 0 aromatic heterocycles. The fourth-order valence-corrected chi connectivity index (χ4v) is 2.08. The van der Waals surface area contributed by atoms with Crippen molar-refractivity contribution >= 4 is 21.5 Å². The first-order chi connectivity index (χ1) is 7.33. The fraction of sp³-hybridized carbons (Fsp3) is 0.273. The van der Waals surface area contributed by atoms with Crippen LogP contribution in [0.3, 0.4) is 0 Å². The van der Waals surface area contributed by atoms with Crippen LogP contribution >= 0.6 is 0 Å². The molecule has 0 saturated carbocycles. The summed E-state index contributed by atoms with van der Waals surface area (Å²) < 4.78 is 26.9. The van der Waals surface area contributed by atoms with E-state index in [0.29, 0.717) is 0 Å². The van der Waals surface area contributed by atoms with Gasteiger partial charge < -0.3 is 0 Å². The van der Waals surface area contributed by atoms with Gasteiger partial charge in [0.05, 0.1) is 10.6 Å². The van der Waals surface area contributed by atoms with Crippen molar-refractivity contribution in [2.45, 2.75) is 25.7 Å². The molecule has 1 rings (SSSR count). The number of aryl methyl sites for hydroxylation is 1. The molecule has 0 fully saturated rings. The van der Waals surface area contributed by atoms with E-state index in [4.69, 9.17) is 0 Å². The molecule has 5 heteroatoms. The smallest absolute Gasteiger partial charge is 0.282 e. The predicted octanol–water partition coefficient (Wildman–Crippen LogP) is 1.73. The maximum Gasteiger partial charge on any atom is 0.282 e. The summed E-state index contributed by atoms with van der Waals surface area (Å²) in [5.74, 6) is -0.351. The molecule has 86 valence electrons. The first kappa shape index (κ1) is 12.6. The predicted molar refractivity (Wildman–Crippen MR) is 62.2 cm³/mol.